The van der Waals surface area contributed by atoms with Gasteiger partial charge in [0.1, 0.15) is 0 Å². The van der Waals surface area contributed by atoms with E-state index in [-0.39, 0.29) is 12.3 Å². The van der Waals surface area contributed by atoms with E-state index in [0.717, 1.165) is 0 Å². The van der Waals surface area contributed by atoms with Gasteiger partial charge in [0.25, 0.3) is 5.56 Å². The molecular weight excluding hydrogens is 382 g/mol. The number of H-pyrrole nitrogens is 1. The van der Waals surface area contributed by atoms with Gasteiger partial charge in [0, 0.05) is 18.2 Å². The minimum atomic E-state index is -5.22. The second kappa shape index (κ2) is 5.97. The zero-order valence-electron chi connectivity index (χ0n) is 12.6. The number of aliphatic hydroxyl groups excluding tert-OH is 1. The molecule has 12 nitrogen and oxygen atoms in total. The molecule has 0 aromatic carbocycles. The average Bonchev–Trinajstić information content (AvgIpc) is 3.03. The van der Waals surface area contributed by atoms with Gasteiger partial charge in [-0.1, -0.05) is 0 Å². The molecule has 0 bridgehead atoms. The van der Waals surface area contributed by atoms with Crippen molar-refractivity contribution in [1.82, 2.24) is 9.55 Å². The monoisotopic (exact) mass is 398 g/mol. The van der Waals surface area contributed by atoms with Crippen molar-refractivity contribution < 1.29 is 37.8 Å². The molecule has 0 saturated heterocycles. The first kappa shape index (κ1) is 18.7. The summed E-state index contributed by atoms with van der Waals surface area (Å²) in [7, 11) is -10.2. The van der Waals surface area contributed by atoms with Crippen molar-refractivity contribution >= 4 is 15.6 Å². The molecule has 1 heterocycles. The lowest BCUT2D eigenvalue weighted by Crippen LogP contribution is -2.36. The summed E-state index contributed by atoms with van der Waals surface area (Å²) in [6.45, 7) is -0.487. The number of nitrogens with zero attached hydrogens (tertiary/aromatic N) is 1. The number of aromatic amines is 1. The number of aliphatic hydroxyl groups is 1. The van der Waals surface area contributed by atoms with Crippen LogP contribution >= 0.6 is 15.6 Å². The molecule has 5 atom stereocenters. The fraction of sp³-hybridized carbons (Fsp3) is 0.636. The van der Waals surface area contributed by atoms with Crippen molar-refractivity contribution in [2.45, 2.75) is 24.5 Å². The number of rotatable bonds is 6. The van der Waals surface area contributed by atoms with Crippen molar-refractivity contribution in [3.8, 4) is 0 Å². The van der Waals surface area contributed by atoms with E-state index in [1.54, 1.807) is 0 Å². The lowest BCUT2D eigenvalue weighted by molar-refractivity contribution is 0.0668. The zero-order valence-corrected chi connectivity index (χ0v) is 14.4. The summed E-state index contributed by atoms with van der Waals surface area (Å²) >= 11 is 0. The van der Waals surface area contributed by atoms with Gasteiger partial charge in [-0.2, -0.15) is 4.31 Å². The number of phosphoric ester groups is 1. The van der Waals surface area contributed by atoms with Gasteiger partial charge in [-0.15, -0.1) is 0 Å². The molecule has 14 heteroatoms. The van der Waals surface area contributed by atoms with Crippen molar-refractivity contribution in [1.29, 1.82) is 0 Å². The fourth-order valence-corrected chi connectivity index (χ4v) is 5.22. The predicted molar refractivity (Wildman–Crippen MR) is 80.4 cm³/mol. The Morgan fingerprint density at radius 1 is 1.28 bits per heavy atom. The Bertz CT molecular complexity index is 889. The molecule has 2 aliphatic carbocycles. The number of fused-ring (bicyclic) bond motifs is 1. The Hall–Kier alpha value is -1.10. The summed E-state index contributed by atoms with van der Waals surface area (Å²) < 4.78 is 31.7. The highest BCUT2D eigenvalue weighted by Gasteiger charge is 2.67. The van der Waals surface area contributed by atoms with E-state index in [1.165, 1.54) is 16.8 Å². The van der Waals surface area contributed by atoms with Crippen LogP contribution in [0.25, 0.3) is 0 Å². The molecule has 0 radical (unpaired) electrons. The largest absolute Gasteiger partial charge is 0.481 e. The van der Waals surface area contributed by atoms with Crippen LogP contribution in [0.2, 0.25) is 0 Å². The normalized spacial score (nSPS) is 33.7. The van der Waals surface area contributed by atoms with Crippen LogP contribution < -0.4 is 11.2 Å². The molecule has 1 aromatic rings. The smallest absolute Gasteiger partial charge is 0.393 e. The van der Waals surface area contributed by atoms with Gasteiger partial charge in [-0.25, -0.2) is 13.9 Å². The summed E-state index contributed by atoms with van der Waals surface area (Å²) in [4.78, 5) is 51.6. The third kappa shape index (κ3) is 3.71. The molecule has 1 aromatic heterocycles. The topological polar surface area (TPSA) is 188 Å². The highest BCUT2D eigenvalue weighted by molar-refractivity contribution is 7.60. The Labute approximate surface area is 139 Å². The number of phosphoric acid groups is 2. The van der Waals surface area contributed by atoms with Crippen LogP contribution in [0, 0.1) is 11.8 Å². The van der Waals surface area contributed by atoms with E-state index in [0.29, 0.717) is 6.42 Å². The molecule has 1 unspecified atom stereocenters. The van der Waals surface area contributed by atoms with Crippen LogP contribution in [0.5, 0.6) is 0 Å². The van der Waals surface area contributed by atoms with E-state index in [1.807, 2.05) is 0 Å². The average molecular weight is 398 g/mol. The van der Waals surface area contributed by atoms with Crippen molar-refractivity contribution in [2.75, 3.05) is 6.61 Å². The summed E-state index contributed by atoms with van der Waals surface area (Å²) in [6, 6.07) is 1.18. The molecular formula is C11H16N2O10P2. The Morgan fingerprint density at radius 2 is 1.96 bits per heavy atom. The molecule has 0 spiro atoms. The van der Waals surface area contributed by atoms with Gasteiger partial charge in [0.05, 0.1) is 18.2 Å². The van der Waals surface area contributed by atoms with E-state index in [9.17, 15) is 28.7 Å². The second-order valence-corrected chi connectivity index (χ2v) is 9.00. The maximum atomic E-state index is 11.9. The third-order valence-electron chi connectivity index (χ3n) is 4.62. The minimum Gasteiger partial charge on any atom is -0.393 e. The van der Waals surface area contributed by atoms with E-state index in [4.69, 9.17) is 9.79 Å². The van der Waals surface area contributed by atoms with Gasteiger partial charge in [-0.3, -0.25) is 18.9 Å². The van der Waals surface area contributed by atoms with Gasteiger partial charge in [-0.05, 0) is 18.8 Å². The standard InChI is InChI=1S/C11H16N2O10P2/c14-8-4-11(13-2-1-9(15)12-10(13)16)3-7(11)6(8)5-22-25(20,21)23-24(17,18)19/h1-2,6-8,14H,3-5H2,(H,20,21)(H,12,15,16)(H2,17,18,19)/t6-,7-,8-,11+/m0/s1. The first-order valence-corrected chi connectivity index (χ1v) is 10.2. The Balaban J connectivity index is 1.72. The first-order valence-electron chi connectivity index (χ1n) is 7.18. The summed E-state index contributed by atoms with van der Waals surface area (Å²) in [5, 5.41) is 10.2. The molecule has 2 saturated carbocycles. The van der Waals surface area contributed by atoms with Gasteiger partial charge >= 0.3 is 21.3 Å². The predicted octanol–water partition coefficient (Wildman–Crippen LogP) is -1.14. The van der Waals surface area contributed by atoms with E-state index >= 15 is 0 Å². The third-order valence-corrected chi connectivity index (χ3v) is 6.77. The number of hydrogen-bond acceptors (Lipinski definition) is 7. The minimum absolute atomic E-state index is 0.173. The van der Waals surface area contributed by atoms with Crippen molar-refractivity contribution in [3.63, 3.8) is 0 Å². The second-order valence-electron chi connectivity index (χ2n) is 6.17. The summed E-state index contributed by atoms with van der Waals surface area (Å²) in [6.07, 6.45) is 1.02. The highest BCUT2D eigenvalue weighted by atomic mass is 31.3. The van der Waals surface area contributed by atoms with E-state index in [2.05, 4.69) is 13.8 Å². The van der Waals surface area contributed by atoms with Gasteiger partial charge < -0.3 is 19.8 Å². The Kier molecular flexibility index (Phi) is 4.46. The summed E-state index contributed by atoms with van der Waals surface area (Å²) in [5.74, 6) is -0.902. The zero-order chi connectivity index (χ0) is 18.6. The van der Waals surface area contributed by atoms with Crippen LogP contribution in [0.3, 0.4) is 0 Å². The first-order chi connectivity index (χ1) is 11.4. The van der Waals surface area contributed by atoms with Crippen LogP contribution in [0.15, 0.2) is 21.9 Å². The van der Waals surface area contributed by atoms with Crippen molar-refractivity contribution in [3.05, 3.63) is 33.1 Å². The Morgan fingerprint density at radius 3 is 2.56 bits per heavy atom. The maximum Gasteiger partial charge on any atom is 0.481 e. The maximum absolute atomic E-state index is 11.9. The molecule has 25 heavy (non-hydrogen) atoms. The number of hydrogen-bond donors (Lipinski definition) is 5. The van der Waals surface area contributed by atoms with E-state index < -0.39 is 51.1 Å². The number of aromatic nitrogens is 2. The molecule has 0 aliphatic heterocycles. The molecule has 0 amide bonds. The van der Waals surface area contributed by atoms with Crippen LogP contribution in [-0.2, 0) is 23.5 Å². The SMILES string of the molecule is O=c1ccn([C@]23C[C@H](O)[C@@H](COP(=O)(O)OP(=O)(O)O)[C@@H]2C3)c(=O)[nH]1. The fourth-order valence-electron chi connectivity index (χ4n) is 3.60. The molecule has 3 rings (SSSR count). The van der Waals surface area contributed by atoms with Crippen LogP contribution in [0.1, 0.15) is 12.8 Å². The van der Waals surface area contributed by atoms with Crippen LogP contribution in [-0.4, -0.2) is 42.0 Å². The summed E-state index contributed by atoms with van der Waals surface area (Å²) in [5.41, 5.74) is -1.90. The lowest BCUT2D eigenvalue weighted by Gasteiger charge is -2.19. The number of nitrogens with one attached hydrogen (secondary N) is 1. The highest BCUT2D eigenvalue weighted by Crippen LogP contribution is 2.65. The molecule has 2 aliphatic rings. The van der Waals surface area contributed by atoms with Gasteiger partial charge in [0.15, 0.2) is 0 Å². The van der Waals surface area contributed by atoms with Crippen molar-refractivity contribution in [2.24, 2.45) is 11.8 Å². The molecule has 2 fully saturated rings. The van der Waals surface area contributed by atoms with Gasteiger partial charge in [0.2, 0.25) is 0 Å². The molecule has 5 N–H and O–H groups in total. The lowest BCUT2D eigenvalue weighted by atomic mass is 10.0. The quantitative estimate of drug-likeness (QED) is 0.366. The molecule has 140 valence electrons. The van der Waals surface area contributed by atoms with Crippen LogP contribution in [0.4, 0.5) is 0 Å².